The summed E-state index contributed by atoms with van der Waals surface area (Å²) in [6.07, 6.45) is 1.26. The number of rotatable bonds is 1. The van der Waals surface area contributed by atoms with E-state index in [1.165, 1.54) is 6.16 Å². The average Bonchev–Trinajstić information content (AvgIpc) is 2.22. The molecule has 0 saturated carbocycles. The lowest BCUT2D eigenvalue weighted by atomic mass is 9.92. The Balaban J connectivity index is 2.98. The smallest absolute Gasteiger partial charge is 0.0116 e. The van der Waals surface area contributed by atoms with Gasteiger partial charge < -0.3 is 0 Å². The van der Waals surface area contributed by atoms with Gasteiger partial charge in [-0.15, -0.1) is 0 Å². The van der Waals surface area contributed by atoms with Crippen LogP contribution in [0.25, 0.3) is 0 Å². The van der Waals surface area contributed by atoms with Crippen molar-refractivity contribution in [1.82, 2.24) is 0 Å². The molecule has 1 aliphatic heterocycles. The van der Waals surface area contributed by atoms with Gasteiger partial charge in [0.2, 0.25) is 0 Å². The Morgan fingerprint density at radius 1 is 1.00 bits per heavy atom. The molecule has 0 aliphatic carbocycles. The van der Waals surface area contributed by atoms with Crippen LogP contribution in [0.2, 0.25) is 0 Å². The molecule has 0 N–H and O–H groups in total. The zero-order chi connectivity index (χ0) is 9.52. The van der Waals surface area contributed by atoms with Crippen LogP contribution in [-0.4, -0.2) is 17.5 Å². The van der Waals surface area contributed by atoms with Crippen LogP contribution < -0.4 is 0 Å². The quantitative estimate of drug-likeness (QED) is 0.589. The first-order chi connectivity index (χ1) is 5.45. The molecule has 0 amide bonds. The summed E-state index contributed by atoms with van der Waals surface area (Å²) in [6, 6.07) is -1.01. The van der Waals surface area contributed by atoms with Gasteiger partial charge in [-0.3, -0.25) is 0 Å². The molecule has 1 rings (SSSR count). The Morgan fingerprint density at radius 2 is 1.33 bits per heavy atom. The molecular formula is C10H21PS. The van der Waals surface area contributed by atoms with E-state index in [2.05, 4.69) is 34.6 Å². The zero-order valence-electron chi connectivity index (χ0n) is 8.87. The third kappa shape index (κ3) is 1.30. The van der Waals surface area contributed by atoms with Crippen molar-refractivity contribution < 1.29 is 0 Å². The highest BCUT2D eigenvalue weighted by Gasteiger charge is 2.44. The van der Waals surface area contributed by atoms with Gasteiger partial charge in [-0.1, -0.05) is 46.4 Å². The van der Waals surface area contributed by atoms with E-state index in [0.29, 0.717) is 0 Å². The lowest BCUT2D eigenvalue weighted by Crippen LogP contribution is -2.12. The van der Waals surface area contributed by atoms with Crippen LogP contribution in [-0.2, 0) is 11.8 Å². The van der Waals surface area contributed by atoms with E-state index in [9.17, 15) is 0 Å². The van der Waals surface area contributed by atoms with Crippen molar-refractivity contribution in [2.24, 2.45) is 11.8 Å². The second-order valence-corrected chi connectivity index (χ2v) is 10.4. The maximum atomic E-state index is 5.88. The Hall–Kier alpha value is 0.650. The van der Waals surface area contributed by atoms with E-state index in [1.54, 1.807) is 0 Å². The van der Waals surface area contributed by atoms with E-state index >= 15 is 0 Å². The molecule has 2 heteroatoms. The van der Waals surface area contributed by atoms with E-state index in [0.717, 1.165) is 23.2 Å². The van der Waals surface area contributed by atoms with Crippen LogP contribution in [0.4, 0.5) is 0 Å². The van der Waals surface area contributed by atoms with Gasteiger partial charge in [0, 0.05) is 0 Å². The van der Waals surface area contributed by atoms with Gasteiger partial charge in [0.25, 0.3) is 0 Å². The van der Waals surface area contributed by atoms with Crippen molar-refractivity contribution in [3.05, 3.63) is 0 Å². The lowest BCUT2D eigenvalue weighted by molar-refractivity contribution is 0.413. The molecule has 0 bridgehead atoms. The third-order valence-corrected chi connectivity index (χ3v) is 11.7. The zero-order valence-corrected chi connectivity index (χ0v) is 10.6. The molecule has 0 radical (unpaired) electrons. The summed E-state index contributed by atoms with van der Waals surface area (Å²) in [5.74, 6) is 1.71. The fourth-order valence-electron chi connectivity index (χ4n) is 2.62. The topological polar surface area (TPSA) is 0 Å². The van der Waals surface area contributed by atoms with E-state index in [1.807, 2.05) is 0 Å². The Kier molecular flexibility index (Phi) is 3.06. The molecule has 1 saturated heterocycles. The van der Waals surface area contributed by atoms with Crippen molar-refractivity contribution in [3.63, 3.8) is 0 Å². The highest BCUT2D eigenvalue weighted by atomic mass is 32.4. The minimum atomic E-state index is -1.01. The summed E-state index contributed by atoms with van der Waals surface area (Å²) in [6.45, 7) is 11.8. The summed E-state index contributed by atoms with van der Waals surface area (Å²) in [7, 11) is 0. The third-order valence-electron chi connectivity index (χ3n) is 4.22. The van der Waals surface area contributed by atoms with Crippen LogP contribution in [0.15, 0.2) is 0 Å². The molecule has 0 spiro atoms. The Labute approximate surface area is 82.1 Å². The summed E-state index contributed by atoms with van der Waals surface area (Å²) in [4.78, 5) is 0. The van der Waals surface area contributed by atoms with Gasteiger partial charge in [-0.2, -0.15) is 0 Å². The normalized spacial score (nSPS) is 54.4. The highest BCUT2D eigenvalue weighted by molar-refractivity contribution is 8.15. The second kappa shape index (κ2) is 3.42. The molecule has 1 aliphatic rings. The molecule has 1 fully saturated rings. The fourth-order valence-corrected chi connectivity index (χ4v) is 7.80. The molecular weight excluding hydrogens is 183 g/mol. The highest BCUT2D eigenvalue weighted by Crippen LogP contribution is 2.66. The average molecular weight is 204 g/mol. The van der Waals surface area contributed by atoms with Crippen molar-refractivity contribution >= 4 is 17.8 Å². The van der Waals surface area contributed by atoms with E-state index in [4.69, 9.17) is 11.8 Å². The van der Waals surface area contributed by atoms with Crippen LogP contribution in [0.1, 0.15) is 34.6 Å². The first-order valence-corrected chi connectivity index (χ1v) is 8.16. The summed E-state index contributed by atoms with van der Waals surface area (Å²) >= 11 is 5.88. The second-order valence-electron chi connectivity index (χ2n) is 4.37. The minimum Gasteiger partial charge on any atom is -0.0969 e. The molecule has 0 nitrogen and oxygen atoms in total. The Morgan fingerprint density at radius 3 is 1.50 bits per heavy atom. The molecule has 1 heterocycles. The molecule has 5 atom stereocenters. The molecule has 72 valence electrons. The Bertz CT molecular complexity index is 194. The van der Waals surface area contributed by atoms with E-state index in [-0.39, 0.29) is 0 Å². The van der Waals surface area contributed by atoms with Gasteiger partial charge in [0.05, 0.1) is 0 Å². The first kappa shape index (κ1) is 10.7. The summed E-state index contributed by atoms with van der Waals surface area (Å²) < 4.78 is 0. The van der Waals surface area contributed by atoms with Crippen LogP contribution in [0.3, 0.4) is 0 Å². The predicted molar refractivity (Wildman–Crippen MR) is 62.1 cm³/mol. The lowest BCUT2D eigenvalue weighted by Gasteiger charge is -2.25. The van der Waals surface area contributed by atoms with Crippen molar-refractivity contribution in [1.29, 1.82) is 0 Å². The fraction of sp³-hybridized carbons (Fsp3) is 1.00. The van der Waals surface area contributed by atoms with Crippen molar-refractivity contribution in [3.8, 4) is 0 Å². The van der Waals surface area contributed by atoms with Crippen LogP contribution >= 0.6 is 6.04 Å². The number of hydrogen-bond donors (Lipinski definition) is 0. The van der Waals surface area contributed by atoms with Crippen molar-refractivity contribution in [2.75, 3.05) is 6.16 Å². The SMILES string of the molecule is CCP1(=S)[C@H](C)[C@H](C)[C@H](C)[C@@H]1C. The van der Waals surface area contributed by atoms with E-state index < -0.39 is 6.04 Å². The molecule has 12 heavy (non-hydrogen) atoms. The van der Waals surface area contributed by atoms with Crippen molar-refractivity contribution in [2.45, 2.75) is 45.9 Å². The predicted octanol–water partition coefficient (Wildman–Crippen LogP) is 3.55. The van der Waals surface area contributed by atoms with Gasteiger partial charge in [-0.05, 0) is 35.4 Å². The maximum absolute atomic E-state index is 5.88. The standard InChI is InChI=1S/C10H21PS/c1-6-11(12)9(4)7(2)8(3)10(11)5/h7-10H,6H2,1-5H3/t7-,8+,9-,10+,11?. The maximum Gasteiger partial charge on any atom is -0.0116 e. The number of hydrogen-bond acceptors (Lipinski definition) is 1. The largest absolute Gasteiger partial charge is 0.0969 e. The summed E-state index contributed by atoms with van der Waals surface area (Å²) in [5, 5.41) is 0. The minimum absolute atomic E-state index is 0.822. The molecule has 0 aromatic carbocycles. The van der Waals surface area contributed by atoms with Gasteiger partial charge in [0.1, 0.15) is 0 Å². The van der Waals surface area contributed by atoms with Crippen LogP contribution in [0.5, 0.6) is 0 Å². The first-order valence-electron chi connectivity index (χ1n) is 5.03. The molecule has 1 unspecified atom stereocenters. The van der Waals surface area contributed by atoms with Gasteiger partial charge in [0.15, 0.2) is 0 Å². The van der Waals surface area contributed by atoms with Gasteiger partial charge in [-0.25, -0.2) is 0 Å². The van der Waals surface area contributed by atoms with Crippen LogP contribution in [0, 0.1) is 11.8 Å². The molecule has 0 aromatic rings. The molecule has 0 aromatic heterocycles. The monoisotopic (exact) mass is 204 g/mol. The van der Waals surface area contributed by atoms with Gasteiger partial charge >= 0.3 is 0 Å². The summed E-state index contributed by atoms with van der Waals surface area (Å²) in [5.41, 5.74) is 1.64.